The van der Waals surface area contributed by atoms with Crippen LogP contribution in [-0.4, -0.2) is 53.3 Å². The summed E-state index contributed by atoms with van der Waals surface area (Å²) in [6.07, 6.45) is 0.482. The molecule has 0 saturated carbocycles. The van der Waals surface area contributed by atoms with Gasteiger partial charge in [-0.25, -0.2) is 0 Å². The number of hydrogen-bond acceptors (Lipinski definition) is 3. The Morgan fingerprint density at radius 1 is 1.29 bits per heavy atom. The first-order valence-electron chi connectivity index (χ1n) is 7.20. The highest BCUT2D eigenvalue weighted by Crippen LogP contribution is 2.22. The number of amides is 2. The number of carbonyl (C=O) groups excluding carboxylic acids is 2. The molecule has 1 aromatic rings. The lowest BCUT2D eigenvalue weighted by atomic mass is 9.95. The van der Waals surface area contributed by atoms with E-state index in [1.54, 1.807) is 30.7 Å². The largest absolute Gasteiger partial charge is 0.342 e. The summed E-state index contributed by atoms with van der Waals surface area (Å²) in [7, 11) is 1.76. The molecule has 1 fully saturated rings. The van der Waals surface area contributed by atoms with Crippen LogP contribution < -0.4 is 5.73 Å². The molecule has 0 radical (unpaired) electrons. The van der Waals surface area contributed by atoms with E-state index in [1.807, 2.05) is 30.3 Å². The second kappa shape index (κ2) is 5.85. The molecule has 0 aliphatic carbocycles. The summed E-state index contributed by atoms with van der Waals surface area (Å²) in [5, 5.41) is 0. The van der Waals surface area contributed by atoms with Crippen molar-refractivity contribution < 1.29 is 9.59 Å². The summed E-state index contributed by atoms with van der Waals surface area (Å²) in [6.45, 7) is 4.62. The lowest BCUT2D eigenvalue weighted by Crippen LogP contribution is -2.66. The fourth-order valence-electron chi connectivity index (χ4n) is 2.75. The van der Waals surface area contributed by atoms with E-state index in [1.165, 1.54) is 0 Å². The second-order valence-electron chi connectivity index (χ2n) is 6.07. The van der Waals surface area contributed by atoms with Crippen LogP contribution in [0.25, 0.3) is 0 Å². The fraction of sp³-hybridized carbons (Fsp3) is 0.500. The van der Waals surface area contributed by atoms with E-state index in [0.717, 1.165) is 5.56 Å². The zero-order valence-corrected chi connectivity index (χ0v) is 12.9. The summed E-state index contributed by atoms with van der Waals surface area (Å²) >= 11 is 0. The van der Waals surface area contributed by atoms with Gasteiger partial charge in [0.2, 0.25) is 11.8 Å². The molecule has 5 nitrogen and oxygen atoms in total. The Morgan fingerprint density at radius 3 is 2.52 bits per heavy atom. The molecule has 2 amide bonds. The second-order valence-corrected chi connectivity index (χ2v) is 6.07. The van der Waals surface area contributed by atoms with Gasteiger partial charge in [-0.15, -0.1) is 0 Å². The minimum Gasteiger partial charge on any atom is -0.342 e. The number of carbonyl (C=O) groups is 2. The van der Waals surface area contributed by atoms with Crippen molar-refractivity contribution in [3.8, 4) is 0 Å². The number of rotatable bonds is 3. The van der Waals surface area contributed by atoms with Crippen LogP contribution in [0.3, 0.4) is 0 Å². The van der Waals surface area contributed by atoms with Gasteiger partial charge >= 0.3 is 0 Å². The standard InChI is InChI=1S/C16H23N3O2/c1-16(2)15(21)18(3)9-10-19(16)14(20)13(17)11-12-7-5-4-6-8-12/h4-8,13H,9-11,17H2,1-3H3/t13-/m0/s1. The predicted octanol–water partition coefficient (Wildman–Crippen LogP) is 0.636. The van der Waals surface area contributed by atoms with Gasteiger partial charge in [-0.2, -0.15) is 0 Å². The van der Waals surface area contributed by atoms with Crippen LogP contribution >= 0.6 is 0 Å². The van der Waals surface area contributed by atoms with Gasteiger partial charge in [0.15, 0.2) is 0 Å². The third-order valence-corrected chi connectivity index (χ3v) is 4.09. The van der Waals surface area contributed by atoms with E-state index in [9.17, 15) is 9.59 Å². The molecule has 1 aliphatic rings. The minimum atomic E-state index is -0.835. The Bertz CT molecular complexity index is 528. The van der Waals surface area contributed by atoms with E-state index in [0.29, 0.717) is 19.5 Å². The van der Waals surface area contributed by atoms with Gasteiger partial charge in [0.25, 0.3) is 0 Å². The maximum Gasteiger partial charge on any atom is 0.247 e. The highest BCUT2D eigenvalue weighted by molar-refractivity contribution is 5.93. The monoisotopic (exact) mass is 289 g/mol. The van der Waals surface area contributed by atoms with Gasteiger partial charge < -0.3 is 15.5 Å². The molecule has 1 aliphatic heterocycles. The highest BCUT2D eigenvalue weighted by atomic mass is 16.2. The molecular formula is C16H23N3O2. The Balaban J connectivity index is 2.10. The summed E-state index contributed by atoms with van der Waals surface area (Å²) < 4.78 is 0. The molecule has 21 heavy (non-hydrogen) atoms. The summed E-state index contributed by atoms with van der Waals surface area (Å²) in [5.41, 5.74) is 6.25. The van der Waals surface area contributed by atoms with Crippen LogP contribution in [-0.2, 0) is 16.0 Å². The maximum absolute atomic E-state index is 12.6. The molecule has 0 aromatic heterocycles. The molecule has 1 saturated heterocycles. The van der Waals surface area contributed by atoms with Crippen LogP contribution in [0.15, 0.2) is 30.3 Å². The van der Waals surface area contributed by atoms with Crippen molar-refractivity contribution in [1.29, 1.82) is 0 Å². The van der Waals surface area contributed by atoms with E-state index in [2.05, 4.69) is 0 Å². The smallest absolute Gasteiger partial charge is 0.247 e. The molecule has 2 rings (SSSR count). The van der Waals surface area contributed by atoms with Crippen molar-refractivity contribution in [2.24, 2.45) is 5.73 Å². The fourth-order valence-corrected chi connectivity index (χ4v) is 2.75. The van der Waals surface area contributed by atoms with Crippen LogP contribution in [0, 0.1) is 0 Å². The lowest BCUT2D eigenvalue weighted by molar-refractivity contribution is -0.157. The van der Waals surface area contributed by atoms with Gasteiger partial charge in [0, 0.05) is 20.1 Å². The maximum atomic E-state index is 12.6. The van der Waals surface area contributed by atoms with Crippen molar-refractivity contribution in [2.45, 2.75) is 31.8 Å². The molecule has 0 bridgehead atoms. The number of hydrogen-bond donors (Lipinski definition) is 1. The van der Waals surface area contributed by atoms with Gasteiger partial charge in [-0.1, -0.05) is 30.3 Å². The van der Waals surface area contributed by atoms with E-state index in [-0.39, 0.29) is 11.8 Å². The highest BCUT2D eigenvalue weighted by Gasteiger charge is 2.43. The van der Waals surface area contributed by atoms with Crippen molar-refractivity contribution in [3.63, 3.8) is 0 Å². The van der Waals surface area contributed by atoms with Crippen molar-refractivity contribution >= 4 is 11.8 Å². The van der Waals surface area contributed by atoms with Gasteiger partial charge in [0.05, 0.1) is 6.04 Å². The zero-order valence-electron chi connectivity index (χ0n) is 12.9. The van der Waals surface area contributed by atoms with Crippen LogP contribution in [0.2, 0.25) is 0 Å². The third kappa shape index (κ3) is 3.08. The van der Waals surface area contributed by atoms with E-state index < -0.39 is 11.6 Å². The van der Waals surface area contributed by atoms with Gasteiger partial charge in [0.1, 0.15) is 5.54 Å². The molecule has 1 aromatic carbocycles. The number of piperazine rings is 1. The molecule has 0 unspecified atom stereocenters. The Hall–Kier alpha value is -1.88. The number of nitrogens with zero attached hydrogens (tertiary/aromatic N) is 2. The molecule has 0 spiro atoms. The normalized spacial score (nSPS) is 19.5. The zero-order chi connectivity index (χ0) is 15.6. The number of nitrogens with two attached hydrogens (primary N) is 1. The quantitative estimate of drug-likeness (QED) is 0.888. The van der Waals surface area contributed by atoms with Crippen LogP contribution in [0.4, 0.5) is 0 Å². The average Bonchev–Trinajstić information content (AvgIpc) is 2.45. The van der Waals surface area contributed by atoms with E-state index in [4.69, 9.17) is 5.73 Å². The molecular weight excluding hydrogens is 266 g/mol. The summed E-state index contributed by atoms with van der Waals surface area (Å²) in [4.78, 5) is 28.1. The summed E-state index contributed by atoms with van der Waals surface area (Å²) in [6, 6.07) is 9.06. The Kier molecular flexibility index (Phi) is 4.32. The first-order valence-corrected chi connectivity index (χ1v) is 7.20. The average molecular weight is 289 g/mol. The summed E-state index contributed by atoms with van der Waals surface area (Å²) in [5.74, 6) is -0.209. The Morgan fingerprint density at radius 2 is 1.90 bits per heavy atom. The first kappa shape index (κ1) is 15.5. The van der Waals surface area contributed by atoms with Crippen molar-refractivity contribution in [1.82, 2.24) is 9.80 Å². The number of benzene rings is 1. The predicted molar refractivity (Wildman–Crippen MR) is 81.6 cm³/mol. The third-order valence-electron chi connectivity index (χ3n) is 4.09. The van der Waals surface area contributed by atoms with Crippen LogP contribution in [0.5, 0.6) is 0 Å². The molecule has 5 heteroatoms. The molecule has 1 heterocycles. The minimum absolute atomic E-state index is 0.0472. The SMILES string of the molecule is CN1CCN(C(=O)[C@@H](N)Cc2ccccc2)C(C)(C)C1=O. The van der Waals surface area contributed by atoms with Gasteiger partial charge in [-0.05, 0) is 25.8 Å². The van der Waals surface area contributed by atoms with Crippen molar-refractivity contribution in [2.75, 3.05) is 20.1 Å². The van der Waals surface area contributed by atoms with E-state index >= 15 is 0 Å². The Labute approximate surface area is 125 Å². The molecule has 2 N–H and O–H groups in total. The lowest BCUT2D eigenvalue weighted by Gasteiger charge is -2.45. The van der Waals surface area contributed by atoms with Crippen molar-refractivity contribution in [3.05, 3.63) is 35.9 Å². The molecule has 114 valence electrons. The van der Waals surface area contributed by atoms with Gasteiger partial charge in [-0.3, -0.25) is 9.59 Å². The first-order chi connectivity index (χ1) is 9.84. The molecule has 1 atom stereocenters. The number of likely N-dealkylation sites (N-methyl/N-ethyl adjacent to an activating group) is 1. The van der Waals surface area contributed by atoms with Crippen LogP contribution in [0.1, 0.15) is 19.4 Å². The topological polar surface area (TPSA) is 66.6 Å².